The van der Waals surface area contributed by atoms with Crippen molar-refractivity contribution in [2.75, 3.05) is 20.0 Å². The van der Waals surface area contributed by atoms with Crippen molar-refractivity contribution < 1.29 is 22.7 Å². The van der Waals surface area contributed by atoms with Crippen LogP contribution in [0.2, 0.25) is 0 Å². The fourth-order valence-corrected chi connectivity index (χ4v) is 11.6. The van der Waals surface area contributed by atoms with Crippen LogP contribution < -0.4 is 9.47 Å². The number of hydrogen-bond acceptors (Lipinski definition) is 8. The molecule has 202 valence electrons. The van der Waals surface area contributed by atoms with Gasteiger partial charge >= 0.3 is 0 Å². The average Bonchev–Trinajstić information content (AvgIpc) is 3.06. The van der Waals surface area contributed by atoms with Crippen molar-refractivity contribution >= 4 is 38.6 Å². The van der Waals surface area contributed by atoms with E-state index in [1.54, 1.807) is 38.6 Å². The summed E-state index contributed by atoms with van der Waals surface area (Å²) in [5.41, 5.74) is 2.33. The number of benzene rings is 1. The highest BCUT2D eigenvalue weighted by Gasteiger charge is 2.92. The maximum Gasteiger partial charge on any atom is 0.242 e. The van der Waals surface area contributed by atoms with Gasteiger partial charge in [0, 0.05) is 35.6 Å². The lowest BCUT2D eigenvalue weighted by atomic mass is 9.66. The maximum atomic E-state index is 14.3. The van der Waals surface area contributed by atoms with E-state index in [-0.39, 0.29) is 22.4 Å². The van der Waals surface area contributed by atoms with Gasteiger partial charge in [-0.25, -0.2) is 17.4 Å². The van der Waals surface area contributed by atoms with E-state index in [0.717, 1.165) is 35.4 Å². The lowest BCUT2D eigenvalue weighted by Crippen LogP contribution is -2.33. The zero-order valence-electron chi connectivity index (χ0n) is 22.6. The quantitative estimate of drug-likeness (QED) is 0.361. The van der Waals surface area contributed by atoms with Crippen LogP contribution in [-0.4, -0.2) is 48.1 Å². The summed E-state index contributed by atoms with van der Waals surface area (Å²) in [5, 5.41) is 0.355. The summed E-state index contributed by atoms with van der Waals surface area (Å²) in [6.07, 6.45) is 4.20. The summed E-state index contributed by atoms with van der Waals surface area (Å²) < 4.78 is 41.0. The first-order chi connectivity index (χ1) is 17.9. The van der Waals surface area contributed by atoms with Gasteiger partial charge in [-0.15, -0.1) is 0 Å². The number of carbonyl (C=O) groups is 1. The molecule has 3 saturated carbocycles. The topological polar surface area (TPSA) is 100 Å². The summed E-state index contributed by atoms with van der Waals surface area (Å²) in [5.74, 6) is 1.95. The number of ketones is 1. The predicted octanol–water partition coefficient (Wildman–Crippen LogP) is 4.93. The second-order valence-corrected chi connectivity index (χ2v) is 14.2. The number of fused-ring (bicyclic) bond motifs is 1. The third-order valence-electron chi connectivity index (χ3n) is 9.93. The molecule has 6 rings (SSSR count). The molecule has 2 heterocycles. The number of aromatic nitrogens is 3. The van der Waals surface area contributed by atoms with Gasteiger partial charge < -0.3 is 9.47 Å². The lowest BCUT2D eigenvalue weighted by molar-refractivity contribution is -0.123. The van der Waals surface area contributed by atoms with Gasteiger partial charge in [-0.05, 0) is 55.6 Å². The first-order valence-electron chi connectivity index (χ1n) is 12.9. The molecule has 0 amide bonds. The van der Waals surface area contributed by atoms with Crippen molar-refractivity contribution in [1.29, 1.82) is 0 Å². The van der Waals surface area contributed by atoms with Crippen LogP contribution in [0.5, 0.6) is 11.5 Å². The number of nitrogens with zero attached hydrogens (tertiary/aromatic N) is 3. The average molecular weight is 556 g/mol. The van der Waals surface area contributed by atoms with E-state index in [0.29, 0.717) is 40.0 Å². The SMILES string of the molecule is COc1ccc2nc(SCc3ncc(C)c(OC)c3C)n(S(=O)(=O)CC34C(=O)CC5CCC53C4(C)C)c2c1. The van der Waals surface area contributed by atoms with Gasteiger partial charge in [0.15, 0.2) is 5.16 Å². The van der Waals surface area contributed by atoms with Gasteiger partial charge in [-0.3, -0.25) is 9.78 Å². The number of imidazole rings is 1. The number of hydrogen-bond donors (Lipinski definition) is 0. The Morgan fingerprint density at radius 1 is 1.18 bits per heavy atom. The number of ether oxygens (including phenoxy) is 2. The van der Waals surface area contributed by atoms with Crippen LogP contribution in [0.25, 0.3) is 11.0 Å². The monoisotopic (exact) mass is 555 g/mol. The Labute approximate surface area is 227 Å². The Hall–Kier alpha value is -2.59. The molecular weight excluding hydrogens is 522 g/mol. The van der Waals surface area contributed by atoms with Gasteiger partial charge in [0.2, 0.25) is 10.0 Å². The largest absolute Gasteiger partial charge is 0.497 e. The smallest absolute Gasteiger partial charge is 0.242 e. The molecule has 3 atom stereocenters. The zero-order valence-corrected chi connectivity index (χ0v) is 24.3. The Morgan fingerprint density at radius 3 is 2.58 bits per heavy atom. The second-order valence-electron chi connectivity index (χ2n) is 11.5. The third-order valence-corrected chi connectivity index (χ3v) is 12.7. The van der Waals surface area contributed by atoms with Crippen molar-refractivity contribution in [3.63, 3.8) is 0 Å². The molecule has 3 aliphatic carbocycles. The van der Waals surface area contributed by atoms with Gasteiger partial charge in [0.1, 0.15) is 17.3 Å². The third kappa shape index (κ3) is 3.04. The number of methoxy groups -OCH3 is 2. The van der Waals surface area contributed by atoms with Crippen molar-refractivity contribution in [1.82, 2.24) is 13.9 Å². The molecule has 0 N–H and O–H groups in total. The molecule has 0 aliphatic heterocycles. The summed E-state index contributed by atoms with van der Waals surface area (Å²) in [4.78, 5) is 22.7. The first kappa shape index (κ1) is 25.7. The van der Waals surface area contributed by atoms with Crippen LogP contribution in [0.1, 0.15) is 49.9 Å². The highest BCUT2D eigenvalue weighted by molar-refractivity contribution is 7.99. The molecule has 1 aromatic carbocycles. The molecule has 1 spiro atoms. The van der Waals surface area contributed by atoms with Crippen molar-refractivity contribution in [3.8, 4) is 11.5 Å². The fourth-order valence-electron chi connectivity index (χ4n) is 7.97. The van der Waals surface area contributed by atoms with Crippen LogP contribution in [0, 0.1) is 36.0 Å². The van der Waals surface area contributed by atoms with Crippen molar-refractivity contribution in [2.45, 2.75) is 57.9 Å². The Balaban J connectivity index is 1.42. The second kappa shape index (κ2) is 8.21. The molecule has 8 nitrogen and oxygen atoms in total. The minimum absolute atomic E-state index is 0.108. The van der Waals surface area contributed by atoms with Gasteiger partial charge in [0.25, 0.3) is 0 Å². The lowest BCUT2D eigenvalue weighted by Gasteiger charge is -2.37. The van der Waals surface area contributed by atoms with Crippen molar-refractivity contribution in [3.05, 3.63) is 41.2 Å². The minimum atomic E-state index is -3.95. The van der Waals surface area contributed by atoms with E-state index in [1.165, 1.54) is 15.7 Å². The molecule has 3 aliphatic rings. The highest BCUT2D eigenvalue weighted by atomic mass is 32.2. The van der Waals surface area contributed by atoms with Crippen LogP contribution in [0.3, 0.4) is 0 Å². The van der Waals surface area contributed by atoms with Crippen LogP contribution in [0.15, 0.2) is 29.6 Å². The minimum Gasteiger partial charge on any atom is -0.497 e. The molecule has 3 fully saturated rings. The number of carbonyl (C=O) groups excluding carboxylic acids is 1. The van der Waals surface area contributed by atoms with Crippen LogP contribution >= 0.6 is 11.8 Å². The van der Waals surface area contributed by atoms with Crippen LogP contribution in [0.4, 0.5) is 0 Å². The van der Waals surface area contributed by atoms with E-state index in [9.17, 15) is 13.2 Å². The van der Waals surface area contributed by atoms with Gasteiger partial charge in [-0.1, -0.05) is 25.6 Å². The molecule has 0 bridgehead atoms. The van der Waals surface area contributed by atoms with E-state index in [4.69, 9.17) is 14.5 Å². The Bertz CT molecular complexity index is 1610. The summed E-state index contributed by atoms with van der Waals surface area (Å²) in [6, 6.07) is 5.25. The molecule has 38 heavy (non-hydrogen) atoms. The van der Waals surface area contributed by atoms with E-state index < -0.39 is 15.4 Å². The van der Waals surface area contributed by atoms with E-state index in [2.05, 4.69) is 18.8 Å². The van der Waals surface area contributed by atoms with Crippen LogP contribution in [-0.2, 0) is 20.6 Å². The summed E-state index contributed by atoms with van der Waals surface area (Å²) in [7, 11) is -0.770. The maximum absolute atomic E-state index is 14.3. The van der Waals surface area contributed by atoms with Gasteiger partial charge in [0.05, 0.1) is 42.1 Å². The Morgan fingerprint density at radius 2 is 1.95 bits per heavy atom. The molecule has 3 aromatic rings. The molecule has 3 unspecified atom stereocenters. The molecule has 10 heteroatoms. The standard InChI is InChI=1S/C28H33N3O5S2/c1-16-13-29-21(17(2)24(16)36-6)14-37-25-30-20-8-7-19(35-5)12-22(20)31(25)38(33,34)15-28-23(32)11-18-9-10-27(18,28)26(28,3)4/h7-8,12-13,18H,9-11,14-15H2,1-6H3. The number of rotatable bonds is 8. The number of Topliss-reactive ketones (excluding diaryl/α,β-unsaturated/α-hetero) is 1. The molecule has 0 saturated heterocycles. The summed E-state index contributed by atoms with van der Waals surface area (Å²) >= 11 is 1.32. The molecular formula is C28H33N3O5S2. The summed E-state index contributed by atoms with van der Waals surface area (Å²) in [6.45, 7) is 8.05. The van der Waals surface area contributed by atoms with E-state index in [1.807, 2.05) is 13.8 Å². The molecule has 0 radical (unpaired) electrons. The van der Waals surface area contributed by atoms with Gasteiger partial charge in [-0.2, -0.15) is 0 Å². The number of aryl methyl sites for hydroxylation is 1. The number of thioether (sulfide) groups is 1. The first-order valence-corrected chi connectivity index (χ1v) is 15.5. The highest BCUT2D eigenvalue weighted by Crippen LogP contribution is 2.91. The zero-order chi connectivity index (χ0) is 27.3. The Kier molecular flexibility index (Phi) is 5.55. The number of pyridine rings is 1. The predicted molar refractivity (Wildman–Crippen MR) is 146 cm³/mol. The van der Waals surface area contributed by atoms with E-state index >= 15 is 0 Å². The molecule has 2 aromatic heterocycles. The fraction of sp³-hybridized carbons (Fsp3) is 0.536. The normalized spacial score (nSPS) is 27.1. The van der Waals surface area contributed by atoms with Crippen molar-refractivity contribution in [2.24, 2.45) is 22.2 Å².